The van der Waals surface area contributed by atoms with Crippen LogP contribution in [0.1, 0.15) is 43.1 Å². The number of benzene rings is 1. The van der Waals surface area contributed by atoms with E-state index in [4.69, 9.17) is 4.74 Å². The summed E-state index contributed by atoms with van der Waals surface area (Å²) >= 11 is 0. The third kappa shape index (κ3) is 6.33. The highest BCUT2D eigenvalue weighted by Gasteiger charge is 2.21. The van der Waals surface area contributed by atoms with Crippen molar-refractivity contribution >= 4 is 11.8 Å². The van der Waals surface area contributed by atoms with Gasteiger partial charge >= 0.3 is 0 Å². The van der Waals surface area contributed by atoms with E-state index in [1.54, 1.807) is 12.0 Å². The van der Waals surface area contributed by atoms with Gasteiger partial charge in [-0.15, -0.1) is 0 Å². The summed E-state index contributed by atoms with van der Waals surface area (Å²) in [5.74, 6) is 0.0513. The molecule has 0 saturated carbocycles. The van der Waals surface area contributed by atoms with Crippen LogP contribution >= 0.6 is 0 Å². The number of nitrogens with one attached hydrogen (secondary N) is 1. The van der Waals surface area contributed by atoms with Crippen LogP contribution in [0.15, 0.2) is 24.3 Å². The van der Waals surface area contributed by atoms with Crippen molar-refractivity contribution in [1.82, 2.24) is 15.1 Å². The zero-order valence-electron chi connectivity index (χ0n) is 17.1. The number of carbonyl (C=O) groups excluding carboxylic acids is 2. The lowest BCUT2D eigenvalue weighted by atomic mass is 9.86. The van der Waals surface area contributed by atoms with E-state index < -0.39 is 0 Å². The molecule has 1 aliphatic heterocycles. The van der Waals surface area contributed by atoms with Crippen molar-refractivity contribution in [2.45, 2.75) is 32.6 Å². The van der Waals surface area contributed by atoms with E-state index >= 15 is 0 Å². The number of hydrogen-bond acceptors (Lipinski definition) is 4. The van der Waals surface area contributed by atoms with Gasteiger partial charge in [-0.3, -0.25) is 9.59 Å². The molecule has 1 N–H and O–H groups in total. The Morgan fingerprint density at radius 3 is 2.30 bits per heavy atom. The molecule has 1 aromatic rings. The number of hydrogen-bond donors (Lipinski definition) is 1. The van der Waals surface area contributed by atoms with Gasteiger partial charge in [-0.05, 0) is 23.1 Å². The fraction of sp³-hybridized carbons (Fsp3) is 0.619. The maximum atomic E-state index is 12.9. The van der Waals surface area contributed by atoms with Crippen LogP contribution in [0.5, 0.6) is 0 Å². The lowest BCUT2D eigenvalue weighted by molar-refractivity contribution is -0.132. The Morgan fingerprint density at radius 1 is 1.11 bits per heavy atom. The fourth-order valence-corrected chi connectivity index (χ4v) is 3.11. The maximum absolute atomic E-state index is 12.9. The minimum atomic E-state index is -0.0550. The Labute approximate surface area is 162 Å². The van der Waals surface area contributed by atoms with Crippen molar-refractivity contribution < 1.29 is 14.3 Å². The van der Waals surface area contributed by atoms with Crippen LogP contribution in [0, 0.1) is 0 Å². The molecule has 2 rings (SSSR count). The minimum Gasteiger partial charge on any atom is -0.383 e. The molecule has 0 unspecified atom stereocenters. The van der Waals surface area contributed by atoms with Crippen molar-refractivity contribution in [1.29, 1.82) is 0 Å². The van der Waals surface area contributed by atoms with Gasteiger partial charge in [0, 0.05) is 58.4 Å². The van der Waals surface area contributed by atoms with Gasteiger partial charge in [0.25, 0.3) is 5.91 Å². The number of nitrogens with zero attached hydrogens (tertiary/aromatic N) is 2. The summed E-state index contributed by atoms with van der Waals surface area (Å²) in [5, 5.41) is 3.24. The predicted octanol–water partition coefficient (Wildman–Crippen LogP) is 1.89. The molecule has 150 valence electrons. The highest BCUT2D eigenvalue weighted by atomic mass is 16.5. The SMILES string of the molecule is COCCN(CCC(=O)N1CCNCC1)C(=O)c1ccc(C(C)(C)C)cc1. The van der Waals surface area contributed by atoms with E-state index in [0.29, 0.717) is 31.7 Å². The minimum absolute atomic E-state index is 0.0486. The first-order valence-electron chi connectivity index (χ1n) is 9.70. The van der Waals surface area contributed by atoms with Gasteiger partial charge < -0.3 is 19.9 Å². The Morgan fingerprint density at radius 2 is 1.74 bits per heavy atom. The summed E-state index contributed by atoms with van der Waals surface area (Å²) < 4.78 is 5.15. The number of carbonyl (C=O) groups is 2. The fourth-order valence-electron chi connectivity index (χ4n) is 3.11. The average molecular weight is 376 g/mol. The smallest absolute Gasteiger partial charge is 0.253 e. The lowest BCUT2D eigenvalue weighted by Gasteiger charge is -2.29. The molecule has 1 heterocycles. The Bertz CT molecular complexity index is 617. The van der Waals surface area contributed by atoms with Crippen LogP contribution in [0.4, 0.5) is 0 Å². The van der Waals surface area contributed by atoms with Crippen molar-refractivity contribution in [3.63, 3.8) is 0 Å². The molecule has 1 saturated heterocycles. The van der Waals surface area contributed by atoms with E-state index in [1.165, 1.54) is 5.56 Å². The molecule has 1 aliphatic rings. The standard InChI is InChI=1S/C21H33N3O3/c1-21(2,3)18-7-5-17(6-8-18)20(26)24(15-16-27-4)12-9-19(25)23-13-10-22-11-14-23/h5-8,22H,9-16H2,1-4H3. The van der Waals surface area contributed by atoms with Crippen molar-refractivity contribution in [3.8, 4) is 0 Å². The lowest BCUT2D eigenvalue weighted by Crippen LogP contribution is -2.47. The van der Waals surface area contributed by atoms with E-state index in [0.717, 1.165) is 26.2 Å². The normalized spacial score (nSPS) is 14.9. The van der Waals surface area contributed by atoms with Crippen molar-refractivity contribution in [2.24, 2.45) is 0 Å². The first-order chi connectivity index (χ1) is 12.8. The number of piperazine rings is 1. The van der Waals surface area contributed by atoms with Gasteiger partial charge in [0.2, 0.25) is 5.91 Å². The Kier molecular flexibility index (Phi) is 7.80. The topological polar surface area (TPSA) is 61.9 Å². The summed E-state index contributed by atoms with van der Waals surface area (Å²) in [4.78, 5) is 28.9. The summed E-state index contributed by atoms with van der Waals surface area (Å²) in [5.41, 5.74) is 1.89. The quantitative estimate of drug-likeness (QED) is 0.791. The van der Waals surface area contributed by atoms with Crippen LogP contribution in [-0.4, -0.2) is 74.6 Å². The van der Waals surface area contributed by atoms with Crippen molar-refractivity contribution in [2.75, 3.05) is 53.0 Å². The maximum Gasteiger partial charge on any atom is 0.253 e. The number of rotatable bonds is 7. The monoisotopic (exact) mass is 375 g/mol. The number of methoxy groups -OCH3 is 1. The first kappa shape index (κ1) is 21.4. The van der Waals surface area contributed by atoms with E-state index in [-0.39, 0.29) is 17.2 Å². The van der Waals surface area contributed by atoms with Crippen molar-refractivity contribution in [3.05, 3.63) is 35.4 Å². The molecule has 0 atom stereocenters. The van der Waals surface area contributed by atoms with Gasteiger partial charge in [0.1, 0.15) is 0 Å². The zero-order valence-corrected chi connectivity index (χ0v) is 17.1. The molecule has 2 amide bonds. The molecular weight excluding hydrogens is 342 g/mol. The molecule has 0 spiro atoms. The van der Waals surface area contributed by atoms with Gasteiger partial charge in [-0.2, -0.15) is 0 Å². The first-order valence-corrected chi connectivity index (χ1v) is 9.70. The van der Waals surface area contributed by atoms with Gasteiger partial charge in [0.05, 0.1) is 6.61 Å². The molecule has 0 radical (unpaired) electrons. The second-order valence-electron chi connectivity index (χ2n) is 7.99. The number of amides is 2. The molecule has 0 aliphatic carbocycles. The highest BCUT2D eigenvalue weighted by molar-refractivity contribution is 5.94. The second kappa shape index (κ2) is 9.85. The van der Waals surface area contributed by atoms with Gasteiger partial charge in [0.15, 0.2) is 0 Å². The molecule has 0 bridgehead atoms. The van der Waals surface area contributed by atoms with Crippen LogP contribution in [0.25, 0.3) is 0 Å². The molecule has 6 nitrogen and oxygen atoms in total. The zero-order chi connectivity index (χ0) is 19.9. The molecule has 27 heavy (non-hydrogen) atoms. The van der Waals surface area contributed by atoms with Crippen LogP contribution < -0.4 is 5.32 Å². The van der Waals surface area contributed by atoms with Crippen LogP contribution in [-0.2, 0) is 14.9 Å². The largest absolute Gasteiger partial charge is 0.383 e. The average Bonchev–Trinajstić information content (AvgIpc) is 2.67. The molecule has 0 aromatic heterocycles. The van der Waals surface area contributed by atoms with Gasteiger partial charge in [-0.25, -0.2) is 0 Å². The van der Waals surface area contributed by atoms with Gasteiger partial charge in [-0.1, -0.05) is 32.9 Å². The third-order valence-electron chi connectivity index (χ3n) is 4.92. The Balaban J connectivity index is 2.01. The second-order valence-corrected chi connectivity index (χ2v) is 7.99. The highest BCUT2D eigenvalue weighted by Crippen LogP contribution is 2.22. The summed E-state index contributed by atoms with van der Waals surface area (Å²) in [7, 11) is 1.62. The predicted molar refractivity (Wildman–Crippen MR) is 107 cm³/mol. The number of ether oxygens (including phenoxy) is 1. The molecule has 6 heteroatoms. The molecular formula is C21H33N3O3. The van der Waals surface area contributed by atoms with E-state index in [9.17, 15) is 9.59 Å². The summed E-state index contributed by atoms with van der Waals surface area (Å²) in [6, 6.07) is 7.77. The Hall–Kier alpha value is -1.92. The summed E-state index contributed by atoms with van der Waals surface area (Å²) in [6.45, 7) is 10.9. The van der Waals surface area contributed by atoms with Crippen LogP contribution in [0.3, 0.4) is 0 Å². The third-order valence-corrected chi connectivity index (χ3v) is 4.92. The van der Waals surface area contributed by atoms with E-state index in [1.807, 2.05) is 29.2 Å². The molecule has 1 fully saturated rings. The summed E-state index contributed by atoms with van der Waals surface area (Å²) in [6.07, 6.45) is 0.343. The van der Waals surface area contributed by atoms with E-state index in [2.05, 4.69) is 26.1 Å². The van der Waals surface area contributed by atoms with Crippen LogP contribution in [0.2, 0.25) is 0 Å². The molecule has 1 aromatic carbocycles.